The van der Waals surface area contributed by atoms with Crippen molar-refractivity contribution in [2.24, 2.45) is 5.92 Å². The maximum Gasteiger partial charge on any atom is 0.203 e. The number of piperidine rings is 3. The average Bonchev–Trinajstić information content (AvgIpc) is 2.85. The van der Waals surface area contributed by atoms with E-state index in [2.05, 4.69) is 32.9 Å². The van der Waals surface area contributed by atoms with Crippen molar-refractivity contribution in [3.05, 3.63) is 11.9 Å². The Hall–Kier alpha value is -1.07. The summed E-state index contributed by atoms with van der Waals surface area (Å²) in [4.78, 5) is 7.26. The molecular formula is C16H28N4O. The van der Waals surface area contributed by atoms with E-state index in [0.717, 1.165) is 43.7 Å². The molecule has 5 nitrogen and oxygen atoms in total. The standard InChI is InChI=1S/C16H28N4O/c1-3-21-10-4-7-20-11-13(2)17-16(20)18-15-12-19-8-5-14(15)6-9-19/h11,14-15H,3-10,12H2,1-2H3,(H,17,18). The highest BCUT2D eigenvalue weighted by atomic mass is 16.5. The molecule has 3 fully saturated rings. The third-order valence-corrected chi connectivity index (χ3v) is 4.76. The van der Waals surface area contributed by atoms with Crippen molar-refractivity contribution in [1.29, 1.82) is 0 Å². The fraction of sp³-hybridized carbons (Fsp3) is 0.812. The Labute approximate surface area is 127 Å². The molecule has 5 heteroatoms. The molecule has 3 aliphatic heterocycles. The lowest BCUT2D eigenvalue weighted by molar-refractivity contribution is 0.0970. The van der Waals surface area contributed by atoms with Crippen LogP contribution >= 0.6 is 0 Å². The van der Waals surface area contributed by atoms with Gasteiger partial charge in [-0.1, -0.05) is 0 Å². The minimum Gasteiger partial charge on any atom is -0.382 e. The van der Waals surface area contributed by atoms with Crippen LogP contribution in [0.3, 0.4) is 0 Å². The Balaban J connectivity index is 1.59. The van der Waals surface area contributed by atoms with Gasteiger partial charge in [0.25, 0.3) is 0 Å². The van der Waals surface area contributed by atoms with Crippen LogP contribution in [0, 0.1) is 12.8 Å². The predicted octanol–water partition coefficient (Wildman–Crippen LogP) is 2.12. The van der Waals surface area contributed by atoms with E-state index in [-0.39, 0.29) is 0 Å². The van der Waals surface area contributed by atoms with Crippen molar-refractivity contribution in [2.75, 3.05) is 38.2 Å². The molecule has 0 saturated carbocycles. The lowest BCUT2D eigenvalue weighted by Crippen LogP contribution is -2.53. The molecule has 1 atom stereocenters. The lowest BCUT2D eigenvalue weighted by Gasteiger charge is -2.45. The first-order valence-corrected chi connectivity index (χ1v) is 8.36. The van der Waals surface area contributed by atoms with Crippen LogP contribution in [-0.4, -0.2) is 53.3 Å². The fourth-order valence-corrected chi connectivity index (χ4v) is 3.61. The van der Waals surface area contributed by atoms with Gasteiger partial charge in [-0.3, -0.25) is 0 Å². The number of nitrogens with one attached hydrogen (secondary N) is 1. The molecule has 4 heterocycles. The number of rotatable bonds is 7. The fourth-order valence-electron chi connectivity index (χ4n) is 3.61. The second kappa shape index (κ2) is 6.79. The maximum absolute atomic E-state index is 5.43. The second-order valence-electron chi connectivity index (χ2n) is 6.34. The van der Waals surface area contributed by atoms with Gasteiger partial charge in [0.05, 0.1) is 5.69 Å². The highest BCUT2D eigenvalue weighted by molar-refractivity contribution is 5.31. The zero-order chi connectivity index (χ0) is 14.7. The van der Waals surface area contributed by atoms with Crippen molar-refractivity contribution in [3.8, 4) is 0 Å². The Morgan fingerprint density at radius 2 is 2.19 bits per heavy atom. The van der Waals surface area contributed by atoms with Gasteiger partial charge in [0.1, 0.15) is 0 Å². The number of anilines is 1. The number of hydrogen-bond donors (Lipinski definition) is 1. The SMILES string of the molecule is CCOCCCn1cc(C)nc1NC1CN2CCC1CC2. The van der Waals surface area contributed by atoms with E-state index in [9.17, 15) is 0 Å². The number of imidazole rings is 1. The monoisotopic (exact) mass is 292 g/mol. The van der Waals surface area contributed by atoms with Crippen LogP contribution in [0.5, 0.6) is 0 Å². The number of aromatic nitrogens is 2. The highest BCUT2D eigenvalue weighted by Gasteiger charge is 2.34. The Kier molecular flexibility index (Phi) is 4.80. The number of ether oxygens (including phenoxy) is 1. The molecule has 1 unspecified atom stereocenters. The number of fused-ring (bicyclic) bond motifs is 3. The Morgan fingerprint density at radius 3 is 2.86 bits per heavy atom. The van der Waals surface area contributed by atoms with E-state index in [0.29, 0.717) is 6.04 Å². The third-order valence-electron chi connectivity index (χ3n) is 4.76. The minimum atomic E-state index is 0.569. The molecule has 1 N–H and O–H groups in total. The number of aryl methyl sites for hydroxylation is 2. The van der Waals surface area contributed by atoms with Crippen molar-refractivity contribution in [3.63, 3.8) is 0 Å². The topological polar surface area (TPSA) is 42.3 Å². The van der Waals surface area contributed by atoms with E-state index < -0.39 is 0 Å². The molecule has 0 amide bonds. The van der Waals surface area contributed by atoms with Crippen LogP contribution in [0.25, 0.3) is 0 Å². The smallest absolute Gasteiger partial charge is 0.203 e. The van der Waals surface area contributed by atoms with Gasteiger partial charge in [0, 0.05) is 38.5 Å². The van der Waals surface area contributed by atoms with Gasteiger partial charge in [-0.15, -0.1) is 0 Å². The van der Waals surface area contributed by atoms with Crippen LogP contribution in [0.4, 0.5) is 5.95 Å². The molecule has 1 aromatic heterocycles. The molecule has 1 aromatic rings. The quantitative estimate of drug-likeness (QED) is 0.782. The normalized spacial score (nSPS) is 28.0. The first kappa shape index (κ1) is 14.9. The second-order valence-corrected chi connectivity index (χ2v) is 6.34. The van der Waals surface area contributed by atoms with E-state index in [1.54, 1.807) is 0 Å². The zero-order valence-corrected chi connectivity index (χ0v) is 13.3. The summed E-state index contributed by atoms with van der Waals surface area (Å²) in [5.41, 5.74) is 1.09. The summed E-state index contributed by atoms with van der Waals surface area (Å²) in [6.45, 7) is 10.5. The molecule has 0 spiro atoms. The first-order chi connectivity index (χ1) is 10.3. The zero-order valence-electron chi connectivity index (χ0n) is 13.3. The van der Waals surface area contributed by atoms with Crippen LogP contribution in [-0.2, 0) is 11.3 Å². The Bertz CT molecular complexity index is 451. The number of nitrogens with zero attached hydrogens (tertiary/aromatic N) is 3. The van der Waals surface area contributed by atoms with Gasteiger partial charge in [-0.2, -0.15) is 0 Å². The Morgan fingerprint density at radius 1 is 1.38 bits per heavy atom. The molecule has 0 radical (unpaired) electrons. The maximum atomic E-state index is 5.43. The summed E-state index contributed by atoms with van der Waals surface area (Å²) in [6.07, 6.45) is 5.86. The van der Waals surface area contributed by atoms with Gasteiger partial charge in [-0.05, 0) is 52.1 Å². The van der Waals surface area contributed by atoms with Gasteiger partial charge < -0.3 is 19.5 Å². The minimum absolute atomic E-state index is 0.569. The summed E-state index contributed by atoms with van der Waals surface area (Å²) in [5.74, 6) is 1.87. The lowest BCUT2D eigenvalue weighted by atomic mass is 9.84. The summed E-state index contributed by atoms with van der Waals surface area (Å²) in [5, 5.41) is 3.71. The number of hydrogen-bond acceptors (Lipinski definition) is 4. The van der Waals surface area contributed by atoms with Gasteiger partial charge in [0.15, 0.2) is 0 Å². The van der Waals surface area contributed by atoms with Crippen molar-refractivity contribution >= 4 is 5.95 Å². The van der Waals surface area contributed by atoms with Gasteiger partial charge >= 0.3 is 0 Å². The molecule has 2 bridgehead atoms. The van der Waals surface area contributed by atoms with Gasteiger partial charge in [0.2, 0.25) is 5.95 Å². The van der Waals surface area contributed by atoms with E-state index >= 15 is 0 Å². The molecular weight excluding hydrogens is 264 g/mol. The van der Waals surface area contributed by atoms with E-state index in [1.807, 2.05) is 6.92 Å². The first-order valence-electron chi connectivity index (χ1n) is 8.36. The van der Waals surface area contributed by atoms with Crippen LogP contribution in [0.1, 0.15) is 31.9 Å². The summed E-state index contributed by atoms with van der Waals surface area (Å²) >= 11 is 0. The van der Waals surface area contributed by atoms with Crippen LogP contribution in [0.15, 0.2) is 6.20 Å². The molecule has 0 aliphatic carbocycles. The van der Waals surface area contributed by atoms with E-state index in [1.165, 1.54) is 32.5 Å². The average molecular weight is 292 g/mol. The molecule has 3 saturated heterocycles. The summed E-state index contributed by atoms with van der Waals surface area (Å²) in [7, 11) is 0. The molecule has 0 aromatic carbocycles. The predicted molar refractivity (Wildman–Crippen MR) is 84.6 cm³/mol. The molecule has 118 valence electrons. The van der Waals surface area contributed by atoms with Crippen molar-refractivity contribution < 1.29 is 4.74 Å². The largest absolute Gasteiger partial charge is 0.382 e. The highest BCUT2D eigenvalue weighted by Crippen LogP contribution is 2.29. The molecule has 3 aliphatic rings. The van der Waals surface area contributed by atoms with Gasteiger partial charge in [-0.25, -0.2) is 4.98 Å². The molecule has 4 rings (SSSR count). The molecule has 21 heavy (non-hydrogen) atoms. The van der Waals surface area contributed by atoms with Crippen LogP contribution in [0.2, 0.25) is 0 Å². The summed E-state index contributed by atoms with van der Waals surface area (Å²) in [6, 6.07) is 0.569. The van der Waals surface area contributed by atoms with Crippen molar-refractivity contribution in [2.45, 2.75) is 45.7 Å². The van der Waals surface area contributed by atoms with Crippen LogP contribution < -0.4 is 5.32 Å². The summed E-state index contributed by atoms with van der Waals surface area (Å²) < 4.78 is 7.69. The van der Waals surface area contributed by atoms with Crippen molar-refractivity contribution in [1.82, 2.24) is 14.5 Å². The third kappa shape index (κ3) is 3.58. The van der Waals surface area contributed by atoms with E-state index in [4.69, 9.17) is 4.74 Å².